The average Bonchev–Trinajstić information content (AvgIpc) is 3.12. The highest BCUT2D eigenvalue weighted by Gasteiger charge is 2.23. The van der Waals surface area contributed by atoms with Gasteiger partial charge in [0.2, 0.25) is 5.95 Å². The van der Waals surface area contributed by atoms with Crippen LogP contribution in [0.1, 0.15) is 34.6 Å². The van der Waals surface area contributed by atoms with Crippen molar-refractivity contribution in [1.29, 1.82) is 0 Å². The first kappa shape index (κ1) is 22.6. The molecule has 0 aliphatic carbocycles. The van der Waals surface area contributed by atoms with Gasteiger partial charge in [0.05, 0.1) is 11.8 Å². The number of rotatable bonds is 11. The van der Waals surface area contributed by atoms with Crippen LogP contribution in [-0.4, -0.2) is 55.6 Å². The zero-order valence-corrected chi connectivity index (χ0v) is 16.5. The van der Waals surface area contributed by atoms with Crippen molar-refractivity contribution in [3.05, 3.63) is 27.1 Å². The number of aromatic nitrogens is 3. The molecule has 0 radical (unpaired) electrons. The Hall–Kier alpha value is -3.68. The first-order valence-corrected chi connectivity index (χ1v) is 9.58. The summed E-state index contributed by atoms with van der Waals surface area (Å²) in [5.41, 5.74) is 11.0. The molecule has 0 bridgehead atoms. The topological polar surface area (TPSA) is 226 Å². The van der Waals surface area contributed by atoms with Crippen molar-refractivity contribution in [2.75, 3.05) is 23.3 Å². The van der Waals surface area contributed by atoms with Crippen LogP contribution in [0.2, 0.25) is 0 Å². The van der Waals surface area contributed by atoms with Gasteiger partial charge in [0.1, 0.15) is 16.9 Å². The van der Waals surface area contributed by atoms with Gasteiger partial charge in [0.15, 0.2) is 5.01 Å². The van der Waals surface area contributed by atoms with Crippen LogP contribution < -0.4 is 27.7 Å². The van der Waals surface area contributed by atoms with E-state index < -0.39 is 35.9 Å². The molecule has 0 fully saturated rings. The number of thiazole rings is 1. The third kappa shape index (κ3) is 6.44. The monoisotopic (exact) mass is 439 g/mol. The summed E-state index contributed by atoms with van der Waals surface area (Å²) in [7, 11) is 0. The number of aliphatic carboxylic acids is 2. The highest BCUT2D eigenvalue weighted by atomic mass is 32.1. The molecular formula is C16H21N7O6S. The molecule has 0 unspecified atom stereocenters. The van der Waals surface area contributed by atoms with Crippen molar-refractivity contribution in [1.82, 2.24) is 20.3 Å². The van der Waals surface area contributed by atoms with Crippen LogP contribution in [0.25, 0.3) is 0 Å². The molecular weight excluding hydrogens is 418 g/mol. The minimum atomic E-state index is -1.33. The van der Waals surface area contributed by atoms with Crippen LogP contribution in [0.3, 0.4) is 0 Å². The fourth-order valence-electron chi connectivity index (χ4n) is 2.46. The number of nitrogens with one attached hydrogen (secondary N) is 3. The lowest BCUT2D eigenvalue weighted by Crippen LogP contribution is -2.41. The molecule has 2 aromatic heterocycles. The zero-order valence-electron chi connectivity index (χ0n) is 15.7. The Morgan fingerprint density at radius 1 is 1.27 bits per heavy atom. The molecule has 0 saturated carbocycles. The smallest absolute Gasteiger partial charge is 0.326 e. The van der Waals surface area contributed by atoms with Crippen LogP contribution in [0.15, 0.2) is 11.0 Å². The minimum absolute atomic E-state index is 0.0301. The van der Waals surface area contributed by atoms with E-state index in [4.69, 9.17) is 21.7 Å². The second-order valence-electron chi connectivity index (χ2n) is 6.17. The lowest BCUT2D eigenvalue weighted by molar-refractivity contribution is -0.140. The lowest BCUT2D eigenvalue weighted by atomic mass is 10.1. The molecule has 14 heteroatoms. The number of carbonyl (C=O) groups excluding carboxylic acids is 1. The molecule has 2 rings (SSSR count). The van der Waals surface area contributed by atoms with E-state index in [0.717, 1.165) is 11.3 Å². The van der Waals surface area contributed by atoms with Crippen molar-refractivity contribution >= 4 is 45.9 Å². The first-order chi connectivity index (χ1) is 14.2. The largest absolute Gasteiger partial charge is 0.481 e. The summed E-state index contributed by atoms with van der Waals surface area (Å²) >= 11 is 1.01. The summed E-state index contributed by atoms with van der Waals surface area (Å²) in [6, 6.07) is -1.33. The maximum absolute atomic E-state index is 12.2. The molecule has 162 valence electrons. The Balaban J connectivity index is 1.86. The minimum Gasteiger partial charge on any atom is -0.481 e. The number of carboxylic acid groups (broad SMARTS) is 2. The van der Waals surface area contributed by atoms with Crippen molar-refractivity contribution in [3.63, 3.8) is 0 Å². The highest BCUT2D eigenvalue weighted by Crippen LogP contribution is 2.19. The Labute approximate surface area is 173 Å². The molecule has 1 atom stereocenters. The number of nitrogen functional groups attached to an aromatic ring is 2. The maximum atomic E-state index is 12.2. The summed E-state index contributed by atoms with van der Waals surface area (Å²) in [6.07, 6.45) is 1.68. The Morgan fingerprint density at radius 3 is 2.63 bits per heavy atom. The second kappa shape index (κ2) is 10.2. The van der Waals surface area contributed by atoms with Crippen LogP contribution in [0.4, 0.5) is 16.8 Å². The van der Waals surface area contributed by atoms with Gasteiger partial charge < -0.3 is 32.3 Å². The number of carbonyl (C=O) groups is 3. The summed E-state index contributed by atoms with van der Waals surface area (Å²) in [4.78, 5) is 55.9. The maximum Gasteiger partial charge on any atom is 0.326 e. The van der Waals surface area contributed by atoms with E-state index in [0.29, 0.717) is 30.0 Å². The standard InChI is InChI=1S/C16H21N7O6S/c17-11-7(12(26)23-16(18)22-11)2-1-5-19-9-6-20-14(30-9)13(27)21-8(15(28)29)3-4-10(24)25/h6,8,19H,1-5H2,(H,21,27)(H,24,25)(H,28,29)(H5,17,18,22,23,26)/t8-/m0/s1. The number of H-pyrrole nitrogens is 1. The molecule has 2 aromatic rings. The van der Waals surface area contributed by atoms with E-state index in [1.807, 2.05) is 0 Å². The van der Waals surface area contributed by atoms with E-state index in [-0.39, 0.29) is 23.2 Å². The Kier molecular flexibility index (Phi) is 7.69. The molecule has 0 spiro atoms. The molecule has 1 amide bonds. The molecule has 9 N–H and O–H groups in total. The van der Waals surface area contributed by atoms with Gasteiger partial charge in [-0.3, -0.25) is 19.4 Å². The predicted octanol–water partition coefficient (Wildman–Crippen LogP) is -0.517. The molecule has 2 heterocycles. The molecule has 0 aliphatic rings. The van der Waals surface area contributed by atoms with E-state index in [9.17, 15) is 19.2 Å². The summed E-state index contributed by atoms with van der Waals surface area (Å²) in [5.74, 6) is -3.18. The number of amides is 1. The van der Waals surface area contributed by atoms with E-state index in [1.54, 1.807) is 0 Å². The van der Waals surface area contributed by atoms with Gasteiger partial charge in [-0.2, -0.15) is 4.98 Å². The quantitative estimate of drug-likeness (QED) is 0.220. The van der Waals surface area contributed by atoms with Crippen molar-refractivity contribution < 1.29 is 24.6 Å². The molecule has 30 heavy (non-hydrogen) atoms. The van der Waals surface area contributed by atoms with Gasteiger partial charge in [-0.15, -0.1) is 0 Å². The summed E-state index contributed by atoms with van der Waals surface area (Å²) in [5, 5.41) is 23.6. The van der Waals surface area contributed by atoms with Crippen LogP contribution >= 0.6 is 11.3 Å². The predicted molar refractivity (Wildman–Crippen MR) is 108 cm³/mol. The fraction of sp³-hybridized carbons (Fsp3) is 0.375. The molecule has 0 aliphatic heterocycles. The normalized spacial score (nSPS) is 11.6. The summed E-state index contributed by atoms with van der Waals surface area (Å²) < 4.78 is 0. The fourth-order valence-corrected chi connectivity index (χ4v) is 3.20. The van der Waals surface area contributed by atoms with Gasteiger partial charge in [0, 0.05) is 13.0 Å². The number of anilines is 3. The van der Waals surface area contributed by atoms with Crippen LogP contribution in [0, 0.1) is 0 Å². The third-order valence-electron chi connectivity index (χ3n) is 3.92. The lowest BCUT2D eigenvalue weighted by Gasteiger charge is -2.12. The van der Waals surface area contributed by atoms with Crippen molar-refractivity contribution in [2.45, 2.75) is 31.7 Å². The van der Waals surface area contributed by atoms with Crippen molar-refractivity contribution in [2.24, 2.45) is 0 Å². The van der Waals surface area contributed by atoms with Gasteiger partial charge in [-0.1, -0.05) is 11.3 Å². The number of nitrogens with zero attached hydrogens (tertiary/aromatic N) is 2. The second-order valence-corrected chi connectivity index (χ2v) is 7.20. The molecule has 0 aromatic carbocycles. The van der Waals surface area contributed by atoms with Gasteiger partial charge in [-0.05, 0) is 19.3 Å². The zero-order chi connectivity index (χ0) is 22.3. The number of aromatic amines is 1. The van der Waals surface area contributed by atoms with E-state index in [1.165, 1.54) is 6.20 Å². The number of hydrogen-bond acceptors (Lipinski definition) is 10. The van der Waals surface area contributed by atoms with Gasteiger partial charge in [0.25, 0.3) is 11.5 Å². The number of nitrogens with two attached hydrogens (primary N) is 2. The van der Waals surface area contributed by atoms with E-state index >= 15 is 0 Å². The highest BCUT2D eigenvalue weighted by molar-refractivity contribution is 7.17. The van der Waals surface area contributed by atoms with Crippen molar-refractivity contribution in [3.8, 4) is 0 Å². The number of hydrogen-bond donors (Lipinski definition) is 7. The Morgan fingerprint density at radius 2 is 2.00 bits per heavy atom. The average molecular weight is 439 g/mol. The van der Waals surface area contributed by atoms with Gasteiger partial charge in [-0.25, -0.2) is 9.78 Å². The SMILES string of the molecule is Nc1nc(N)c(CCCNc2cnc(C(=O)N[C@@H](CCC(=O)O)C(=O)O)s2)c(=O)[nH]1. The first-order valence-electron chi connectivity index (χ1n) is 8.76. The van der Waals surface area contributed by atoms with Crippen LogP contribution in [0.5, 0.6) is 0 Å². The third-order valence-corrected chi connectivity index (χ3v) is 4.87. The Bertz CT molecular complexity index is 989. The van der Waals surface area contributed by atoms with Crippen LogP contribution in [-0.2, 0) is 16.0 Å². The number of carboxylic acids is 2. The van der Waals surface area contributed by atoms with E-state index in [2.05, 4.69) is 25.6 Å². The molecule has 13 nitrogen and oxygen atoms in total. The molecule has 0 saturated heterocycles. The van der Waals surface area contributed by atoms with Gasteiger partial charge >= 0.3 is 11.9 Å². The summed E-state index contributed by atoms with van der Waals surface area (Å²) in [6.45, 7) is 0.447.